The lowest BCUT2D eigenvalue weighted by atomic mass is 9.92. The summed E-state index contributed by atoms with van der Waals surface area (Å²) in [5.41, 5.74) is 3.30. The number of likely N-dealkylation sites (N-methyl/N-ethyl adjacent to an activating group) is 1. The molecule has 0 saturated carbocycles. The lowest BCUT2D eigenvalue weighted by molar-refractivity contribution is 0.203. The molecule has 0 aliphatic carbocycles. The minimum atomic E-state index is 0.487. The summed E-state index contributed by atoms with van der Waals surface area (Å²) in [6.45, 7) is 4.61. The normalized spacial score (nSPS) is 16.1. The van der Waals surface area contributed by atoms with Crippen LogP contribution in [0.1, 0.15) is 29.5 Å². The van der Waals surface area contributed by atoms with Gasteiger partial charge in [-0.1, -0.05) is 0 Å². The summed E-state index contributed by atoms with van der Waals surface area (Å²) in [5.74, 6) is 1.44. The van der Waals surface area contributed by atoms with Crippen LogP contribution in [0.25, 0.3) is 11.0 Å². The molecule has 0 spiro atoms. The third kappa shape index (κ3) is 4.04. The number of hydrogen-bond acceptors (Lipinski definition) is 7. The van der Waals surface area contributed by atoms with Crippen LogP contribution in [0.15, 0.2) is 24.0 Å². The molecule has 0 atom stereocenters. The number of imidazole rings is 1. The van der Waals surface area contributed by atoms with E-state index in [-0.39, 0.29) is 0 Å². The van der Waals surface area contributed by atoms with Gasteiger partial charge in [-0.2, -0.15) is 0 Å². The Balaban J connectivity index is 1.53. The number of nitrogens with zero attached hydrogens (tertiary/aromatic N) is 6. The molecular weight excluding hydrogens is 372 g/mol. The number of likely N-dealkylation sites (tertiary alicyclic amines) is 1. The smallest absolute Gasteiger partial charge is 0.156 e. The van der Waals surface area contributed by atoms with Gasteiger partial charge in [0.25, 0.3) is 0 Å². The van der Waals surface area contributed by atoms with Crippen LogP contribution in [-0.2, 0) is 18.3 Å². The van der Waals surface area contributed by atoms with E-state index in [2.05, 4.69) is 49.9 Å². The molecule has 3 aromatic heterocycles. The average molecular weight is 401 g/mol. The van der Waals surface area contributed by atoms with Crippen molar-refractivity contribution in [2.45, 2.75) is 25.3 Å². The first-order chi connectivity index (χ1) is 13.7. The third-order valence-electron chi connectivity index (χ3n) is 5.55. The first-order valence-electron chi connectivity index (χ1n) is 9.78. The Morgan fingerprint density at radius 2 is 2.11 bits per heavy atom. The Morgan fingerprint density at radius 1 is 1.29 bits per heavy atom. The van der Waals surface area contributed by atoms with E-state index >= 15 is 0 Å². The second-order valence-electron chi connectivity index (χ2n) is 7.48. The molecule has 28 heavy (non-hydrogen) atoms. The number of fused-ring (bicyclic) bond motifs is 1. The molecular formula is C20H28N6OS. The summed E-state index contributed by atoms with van der Waals surface area (Å²) >= 11 is 1.74. The molecule has 0 radical (unpaired) electrons. The van der Waals surface area contributed by atoms with Crippen molar-refractivity contribution in [3.63, 3.8) is 0 Å². The van der Waals surface area contributed by atoms with Gasteiger partial charge < -0.3 is 14.2 Å². The molecule has 3 aromatic rings. The van der Waals surface area contributed by atoms with E-state index in [0.29, 0.717) is 12.5 Å². The molecule has 4 heterocycles. The van der Waals surface area contributed by atoms with Crippen LogP contribution in [0, 0.1) is 0 Å². The summed E-state index contributed by atoms with van der Waals surface area (Å²) in [6, 6.07) is 2.23. The van der Waals surface area contributed by atoms with Gasteiger partial charge in [-0.3, -0.25) is 4.90 Å². The number of piperidine rings is 1. The average Bonchev–Trinajstić information content (AvgIpc) is 3.36. The number of hydrogen-bond donors (Lipinski definition) is 0. The van der Waals surface area contributed by atoms with E-state index in [1.165, 1.54) is 10.7 Å². The number of rotatable bonds is 7. The second-order valence-corrected chi connectivity index (χ2v) is 8.46. The van der Waals surface area contributed by atoms with Gasteiger partial charge >= 0.3 is 0 Å². The molecule has 7 nitrogen and oxygen atoms in total. The van der Waals surface area contributed by atoms with Crippen LogP contribution >= 0.6 is 11.3 Å². The number of anilines is 1. The first kappa shape index (κ1) is 19.3. The molecule has 0 N–H and O–H groups in total. The zero-order chi connectivity index (χ0) is 19.5. The summed E-state index contributed by atoms with van der Waals surface area (Å²) < 4.78 is 7.34. The Bertz CT molecular complexity index is 901. The SMILES string of the molecule is COCCN(C)c1nc(C2CCN(Cc3nccs3)CC2)cc2c1ncn2C. The van der Waals surface area contributed by atoms with Crippen molar-refractivity contribution in [2.75, 3.05) is 45.3 Å². The van der Waals surface area contributed by atoms with Crippen LogP contribution < -0.4 is 4.90 Å². The van der Waals surface area contributed by atoms with E-state index in [4.69, 9.17) is 9.72 Å². The maximum absolute atomic E-state index is 5.25. The van der Waals surface area contributed by atoms with E-state index < -0.39 is 0 Å². The second kappa shape index (κ2) is 8.55. The molecule has 1 aliphatic rings. The molecule has 0 bridgehead atoms. The highest BCUT2D eigenvalue weighted by molar-refractivity contribution is 7.09. The van der Waals surface area contributed by atoms with E-state index in [0.717, 1.165) is 55.9 Å². The van der Waals surface area contributed by atoms with Crippen molar-refractivity contribution in [3.05, 3.63) is 34.7 Å². The van der Waals surface area contributed by atoms with E-state index in [9.17, 15) is 0 Å². The van der Waals surface area contributed by atoms with E-state index in [1.54, 1.807) is 18.4 Å². The van der Waals surface area contributed by atoms with Gasteiger partial charge in [0.1, 0.15) is 10.5 Å². The van der Waals surface area contributed by atoms with Gasteiger partial charge in [0.05, 0.1) is 25.0 Å². The Morgan fingerprint density at radius 3 is 2.82 bits per heavy atom. The van der Waals surface area contributed by atoms with Crippen LogP contribution in [0.4, 0.5) is 5.82 Å². The lowest BCUT2D eigenvalue weighted by Gasteiger charge is -2.31. The molecule has 150 valence electrons. The molecule has 0 amide bonds. The number of ether oxygens (including phenoxy) is 1. The highest BCUT2D eigenvalue weighted by atomic mass is 32.1. The third-order valence-corrected chi connectivity index (χ3v) is 6.32. The summed E-state index contributed by atoms with van der Waals surface area (Å²) in [7, 11) is 5.85. The quantitative estimate of drug-likeness (QED) is 0.608. The first-order valence-corrected chi connectivity index (χ1v) is 10.7. The number of aromatic nitrogens is 4. The van der Waals surface area contributed by atoms with Crippen molar-refractivity contribution >= 4 is 28.2 Å². The number of pyridine rings is 1. The van der Waals surface area contributed by atoms with Crippen molar-refractivity contribution in [1.82, 2.24) is 24.4 Å². The monoisotopic (exact) mass is 400 g/mol. The standard InChI is InChI=1S/C20H28N6OS/c1-24(9-10-27-3)20-19-17(25(2)14-22-19)12-16(23-20)15-4-7-26(8-5-15)13-18-21-6-11-28-18/h6,11-12,14-15H,4-5,7-10,13H2,1-3H3. The predicted octanol–water partition coefficient (Wildman–Crippen LogP) is 2.89. The zero-order valence-corrected chi connectivity index (χ0v) is 17.7. The van der Waals surface area contributed by atoms with Crippen LogP contribution in [0.3, 0.4) is 0 Å². The minimum absolute atomic E-state index is 0.487. The highest BCUT2D eigenvalue weighted by Gasteiger charge is 2.24. The molecule has 0 aromatic carbocycles. The van der Waals surface area contributed by atoms with E-state index in [1.807, 2.05) is 12.5 Å². The van der Waals surface area contributed by atoms with Gasteiger partial charge in [-0.05, 0) is 32.0 Å². The Labute approximate surface area is 170 Å². The largest absolute Gasteiger partial charge is 0.383 e. The maximum Gasteiger partial charge on any atom is 0.156 e. The fourth-order valence-corrected chi connectivity index (χ4v) is 4.51. The van der Waals surface area contributed by atoms with Crippen LogP contribution in [0.5, 0.6) is 0 Å². The lowest BCUT2D eigenvalue weighted by Crippen LogP contribution is -2.33. The molecule has 1 saturated heterocycles. The van der Waals surface area contributed by atoms with Crippen LogP contribution in [0.2, 0.25) is 0 Å². The Kier molecular flexibility index (Phi) is 5.89. The van der Waals surface area contributed by atoms with Crippen LogP contribution in [-0.4, -0.2) is 64.8 Å². The van der Waals surface area contributed by atoms with Crippen molar-refractivity contribution in [2.24, 2.45) is 7.05 Å². The highest BCUT2D eigenvalue weighted by Crippen LogP contribution is 2.32. The van der Waals surface area contributed by atoms with Crippen molar-refractivity contribution < 1.29 is 4.74 Å². The fourth-order valence-electron chi connectivity index (χ4n) is 3.85. The molecule has 4 rings (SSSR count). The maximum atomic E-state index is 5.25. The number of aryl methyl sites for hydroxylation is 1. The summed E-state index contributed by atoms with van der Waals surface area (Å²) in [6.07, 6.45) is 6.02. The fraction of sp³-hybridized carbons (Fsp3) is 0.550. The summed E-state index contributed by atoms with van der Waals surface area (Å²) in [5, 5.41) is 3.26. The van der Waals surface area contributed by atoms with Gasteiger partial charge in [-0.25, -0.2) is 15.0 Å². The number of thiazole rings is 1. The molecule has 1 aliphatic heterocycles. The van der Waals surface area contributed by atoms with Crippen molar-refractivity contribution in [3.8, 4) is 0 Å². The predicted molar refractivity (Wildman–Crippen MR) is 113 cm³/mol. The Hall–Kier alpha value is -2.03. The topological polar surface area (TPSA) is 59.3 Å². The number of methoxy groups -OCH3 is 1. The molecule has 1 fully saturated rings. The minimum Gasteiger partial charge on any atom is -0.383 e. The van der Waals surface area contributed by atoms with Crippen molar-refractivity contribution in [1.29, 1.82) is 0 Å². The molecule has 0 unspecified atom stereocenters. The van der Waals surface area contributed by atoms with Gasteiger partial charge in [0.15, 0.2) is 5.82 Å². The zero-order valence-electron chi connectivity index (χ0n) is 16.8. The van der Waals surface area contributed by atoms with Gasteiger partial charge in [0.2, 0.25) is 0 Å². The van der Waals surface area contributed by atoms with Gasteiger partial charge in [0, 0.05) is 50.9 Å². The molecule has 8 heteroatoms. The van der Waals surface area contributed by atoms with Gasteiger partial charge in [-0.15, -0.1) is 11.3 Å². The summed E-state index contributed by atoms with van der Waals surface area (Å²) in [4.78, 5) is 18.7.